The zero-order valence-electron chi connectivity index (χ0n) is 8.05. The predicted octanol–water partition coefficient (Wildman–Crippen LogP) is 1.54. The minimum atomic E-state index is 0.316. The maximum absolute atomic E-state index is 8.62. The molecule has 1 aliphatic rings. The quantitative estimate of drug-likeness (QED) is 0.615. The molecule has 12 heavy (non-hydrogen) atoms. The number of aliphatic hydroxyl groups is 1. The van der Waals surface area contributed by atoms with Crippen LogP contribution in [0.15, 0.2) is 0 Å². The predicted molar refractivity (Wildman–Crippen MR) is 51.1 cm³/mol. The summed E-state index contributed by atoms with van der Waals surface area (Å²) in [5.41, 5.74) is 0. The normalized spacial score (nSPS) is 29.5. The highest BCUT2D eigenvalue weighted by atomic mass is 16.3. The Balaban J connectivity index is 2.12. The highest BCUT2D eigenvalue weighted by Gasteiger charge is 2.24. The summed E-state index contributed by atoms with van der Waals surface area (Å²) in [6, 6.07) is 0.738. The van der Waals surface area contributed by atoms with E-state index in [0.717, 1.165) is 24.9 Å². The van der Waals surface area contributed by atoms with E-state index in [-0.39, 0.29) is 0 Å². The monoisotopic (exact) mass is 171 g/mol. The third kappa shape index (κ3) is 2.76. The molecule has 0 aromatic carbocycles. The molecule has 2 atom stereocenters. The van der Waals surface area contributed by atoms with Crippen LogP contribution in [0.3, 0.4) is 0 Å². The molecule has 2 nitrogen and oxygen atoms in total. The van der Waals surface area contributed by atoms with Crippen molar-refractivity contribution in [1.29, 1.82) is 0 Å². The van der Waals surface area contributed by atoms with Crippen molar-refractivity contribution in [3.05, 3.63) is 0 Å². The van der Waals surface area contributed by atoms with Gasteiger partial charge in [0.25, 0.3) is 0 Å². The number of nitrogens with one attached hydrogen (secondary N) is 1. The first-order chi connectivity index (χ1) is 5.88. The van der Waals surface area contributed by atoms with Gasteiger partial charge in [0.15, 0.2) is 0 Å². The molecular formula is C10H21NO. The fourth-order valence-corrected chi connectivity index (χ4v) is 2.16. The molecule has 72 valence electrons. The van der Waals surface area contributed by atoms with Crippen molar-refractivity contribution < 1.29 is 5.11 Å². The number of aliphatic hydroxyl groups excluding tert-OH is 1. The second-order valence-corrected chi connectivity index (χ2v) is 3.74. The molecule has 2 N–H and O–H groups in total. The van der Waals surface area contributed by atoms with Crippen molar-refractivity contribution in [3.63, 3.8) is 0 Å². The highest BCUT2D eigenvalue weighted by Crippen LogP contribution is 2.27. The third-order valence-electron chi connectivity index (χ3n) is 2.92. The first-order valence-electron chi connectivity index (χ1n) is 5.22. The Kier molecular flexibility index (Phi) is 4.62. The second-order valence-electron chi connectivity index (χ2n) is 3.74. The van der Waals surface area contributed by atoms with Gasteiger partial charge in [-0.25, -0.2) is 0 Å². The molecule has 0 aromatic heterocycles. The first-order valence-corrected chi connectivity index (χ1v) is 5.22. The van der Waals surface area contributed by atoms with E-state index in [9.17, 15) is 0 Å². The van der Waals surface area contributed by atoms with Crippen molar-refractivity contribution in [3.8, 4) is 0 Å². The van der Waals surface area contributed by atoms with Crippen molar-refractivity contribution in [2.75, 3.05) is 13.2 Å². The van der Waals surface area contributed by atoms with Crippen molar-refractivity contribution in [2.45, 2.75) is 45.1 Å². The lowest BCUT2D eigenvalue weighted by Gasteiger charge is -2.19. The standard InChI is InChI=1S/C10H21NO/c1-2-9-5-3-6-10(9)11-7-4-8-12/h9-12H,2-8H2,1H3. The van der Waals surface area contributed by atoms with Gasteiger partial charge in [-0.15, -0.1) is 0 Å². The van der Waals surface area contributed by atoms with E-state index in [1.807, 2.05) is 0 Å². The van der Waals surface area contributed by atoms with Gasteiger partial charge >= 0.3 is 0 Å². The zero-order chi connectivity index (χ0) is 8.81. The molecule has 2 unspecified atom stereocenters. The molecule has 0 heterocycles. The Morgan fingerprint density at radius 3 is 2.92 bits per heavy atom. The molecule has 1 saturated carbocycles. The Labute approximate surface area is 75.4 Å². The van der Waals surface area contributed by atoms with E-state index in [1.54, 1.807) is 0 Å². The van der Waals surface area contributed by atoms with E-state index in [2.05, 4.69) is 12.2 Å². The minimum absolute atomic E-state index is 0.316. The molecule has 0 saturated heterocycles. The Morgan fingerprint density at radius 1 is 1.42 bits per heavy atom. The van der Waals surface area contributed by atoms with Gasteiger partial charge in [-0.05, 0) is 31.7 Å². The molecule has 1 fully saturated rings. The molecule has 0 aliphatic heterocycles. The van der Waals surface area contributed by atoms with E-state index < -0.39 is 0 Å². The molecule has 1 rings (SSSR count). The Hall–Kier alpha value is -0.0800. The third-order valence-corrected chi connectivity index (χ3v) is 2.92. The van der Waals surface area contributed by atoms with Gasteiger partial charge in [0, 0.05) is 12.6 Å². The fourth-order valence-electron chi connectivity index (χ4n) is 2.16. The van der Waals surface area contributed by atoms with Crippen LogP contribution < -0.4 is 5.32 Å². The van der Waals surface area contributed by atoms with Crippen LogP contribution in [-0.2, 0) is 0 Å². The van der Waals surface area contributed by atoms with Crippen LogP contribution in [0.1, 0.15) is 39.0 Å². The molecule has 0 bridgehead atoms. The largest absolute Gasteiger partial charge is 0.396 e. The van der Waals surface area contributed by atoms with E-state index in [0.29, 0.717) is 6.61 Å². The average molecular weight is 171 g/mol. The summed E-state index contributed by atoms with van der Waals surface area (Å²) in [5.74, 6) is 0.892. The lowest BCUT2D eigenvalue weighted by atomic mass is 10.0. The number of hydrogen-bond acceptors (Lipinski definition) is 2. The van der Waals surface area contributed by atoms with Crippen LogP contribution in [0.25, 0.3) is 0 Å². The van der Waals surface area contributed by atoms with Gasteiger partial charge in [-0.3, -0.25) is 0 Å². The molecule has 0 amide bonds. The number of rotatable bonds is 5. The van der Waals surface area contributed by atoms with E-state index in [4.69, 9.17) is 5.11 Å². The van der Waals surface area contributed by atoms with E-state index in [1.165, 1.54) is 25.7 Å². The molecule has 1 aliphatic carbocycles. The van der Waals surface area contributed by atoms with Gasteiger partial charge in [0.1, 0.15) is 0 Å². The van der Waals surface area contributed by atoms with Crippen LogP contribution >= 0.6 is 0 Å². The zero-order valence-corrected chi connectivity index (χ0v) is 8.05. The molecular weight excluding hydrogens is 150 g/mol. The van der Waals surface area contributed by atoms with Gasteiger partial charge in [0.05, 0.1) is 0 Å². The Morgan fingerprint density at radius 2 is 2.25 bits per heavy atom. The van der Waals surface area contributed by atoms with Crippen molar-refractivity contribution in [1.82, 2.24) is 5.32 Å². The highest BCUT2D eigenvalue weighted by molar-refractivity contribution is 4.81. The Bertz CT molecular complexity index is 116. The summed E-state index contributed by atoms with van der Waals surface area (Å²) in [6.45, 7) is 3.57. The summed E-state index contributed by atoms with van der Waals surface area (Å²) < 4.78 is 0. The second kappa shape index (κ2) is 5.55. The maximum atomic E-state index is 8.62. The summed E-state index contributed by atoms with van der Waals surface area (Å²) in [4.78, 5) is 0. The lowest BCUT2D eigenvalue weighted by Crippen LogP contribution is -2.33. The van der Waals surface area contributed by atoms with Crippen molar-refractivity contribution in [2.24, 2.45) is 5.92 Å². The van der Waals surface area contributed by atoms with Crippen LogP contribution in [0.5, 0.6) is 0 Å². The van der Waals surface area contributed by atoms with Gasteiger partial charge in [0.2, 0.25) is 0 Å². The smallest absolute Gasteiger partial charge is 0.0443 e. The van der Waals surface area contributed by atoms with Gasteiger partial charge < -0.3 is 10.4 Å². The fraction of sp³-hybridized carbons (Fsp3) is 1.00. The topological polar surface area (TPSA) is 32.3 Å². The van der Waals surface area contributed by atoms with Crippen LogP contribution in [-0.4, -0.2) is 24.3 Å². The van der Waals surface area contributed by atoms with Gasteiger partial charge in [-0.2, -0.15) is 0 Å². The summed E-state index contributed by atoms with van der Waals surface area (Å²) in [7, 11) is 0. The maximum Gasteiger partial charge on any atom is 0.0443 e. The average Bonchev–Trinajstić information content (AvgIpc) is 2.52. The molecule has 0 spiro atoms. The minimum Gasteiger partial charge on any atom is -0.396 e. The lowest BCUT2D eigenvalue weighted by molar-refractivity contribution is 0.278. The first kappa shape index (κ1) is 10.0. The van der Waals surface area contributed by atoms with Crippen LogP contribution in [0.4, 0.5) is 0 Å². The summed E-state index contributed by atoms with van der Waals surface area (Å²) >= 11 is 0. The van der Waals surface area contributed by atoms with Crippen molar-refractivity contribution >= 4 is 0 Å². The molecule has 2 heteroatoms. The van der Waals surface area contributed by atoms with Gasteiger partial charge in [-0.1, -0.05) is 19.8 Å². The summed E-state index contributed by atoms with van der Waals surface area (Å²) in [5, 5.41) is 12.1. The molecule has 0 radical (unpaired) electrons. The van der Waals surface area contributed by atoms with Crippen LogP contribution in [0.2, 0.25) is 0 Å². The van der Waals surface area contributed by atoms with Crippen LogP contribution in [0, 0.1) is 5.92 Å². The number of hydrogen-bond donors (Lipinski definition) is 2. The van der Waals surface area contributed by atoms with E-state index >= 15 is 0 Å². The summed E-state index contributed by atoms with van der Waals surface area (Å²) in [6.07, 6.45) is 6.32. The molecule has 0 aromatic rings. The SMILES string of the molecule is CCC1CCCC1NCCCO.